The second kappa shape index (κ2) is 13.8. The van der Waals surface area contributed by atoms with Crippen LogP contribution in [-0.4, -0.2) is 35.9 Å². The Morgan fingerprint density at radius 1 is 0.895 bits per heavy atom. The first kappa shape index (κ1) is 29.0. The number of carbonyl (C=O) groups excluding carboxylic acids is 2. The quantitative estimate of drug-likeness (QED) is 0.292. The molecule has 0 spiro atoms. The standard InChI is InChI=1S/C33H42N2O3/c1-6-7-21-34-32(37)29(22-26-13-9-8-10-14-26)35(23-27-19-17-25(2)18-20-27)31(36)24-38-30-16-12-11-15-28(30)33(3,4)5/h8-20,29H,6-7,21-24H2,1-5H3,(H,34,37)/t29-/m1/s1. The molecule has 3 aromatic carbocycles. The van der Waals surface area contributed by atoms with Crippen LogP contribution in [0.1, 0.15) is 62.8 Å². The number of aryl methyl sites for hydroxylation is 1. The highest BCUT2D eigenvalue weighted by atomic mass is 16.5. The van der Waals surface area contributed by atoms with Gasteiger partial charge in [0.15, 0.2) is 6.61 Å². The summed E-state index contributed by atoms with van der Waals surface area (Å²) >= 11 is 0. The van der Waals surface area contributed by atoms with Crippen molar-refractivity contribution in [2.24, 2.45) is 0 Å². The first-order chi connectivity index (χ1) is 18.2. The average molecular weight is 515 g/mol. The monoisotopic (exact) mass is 514 g/mol. The molecule has 0 radical (unpaired) electrons. The van der Waals surface area contributed by atoms with E-state index in [0.29, 0.717) is 25.3 Å². The lowest BCUT2D eigenvalue weighted by atomic mass is 9.86. The highest BCUT2D eigenvalue weighted by Crippen LogP contribution is 2.31. The first-order valence-electron chi connectivity index (χ1n) is 13.6. The Kier molecular flexibility index (Phi) is 10.5. The zero-order valence-corrected chi connectivity index (χ0v) is 23.5. The third-order valence-electron chi connectivity index (χ3n) is 6.62. The molecule has 0 fully saturated rings. The summed E-state index contributed by atoms with van der Waals surface area (Å²) in [4.78, 5) is 29.0. The summed E-state index contributed by atoms with van der Waals surface area (Å²) < 4.78 is 6.12. The predicted molar refractivity (Wildman–Crippen MR) is 154 cm³/mol. The summed E-state index contributed by atoms with van der Waals surface area (Å²) in [6.07, 6.45) is 2.30. The van der Waals surface area contributed by atoms with Crippen molar-refractivity contribution in [3.8, 4) is 5.75 Å². The number of nitrogens with one attached hydrogen (secondary N) is 1. The smallest absolute Gasteiger partial charge is 0.261 e. The van der Waals surface area contributed by atoms with Crippen molar-refractivity contribution in [1.29, 1.82) is 0 Å². The van der Waals surface area contributed by atoms with Crippen molar-refractivity contribution in [2.75, 3.05) is 13.2 Å². The number of para-hydroxylation sites is 1. The summed E-state index contributed by atoms with van der Waals surface area (Å²) in [7, 11) is 0. The molecule has 0 aliphatic carbocycles. The van der Waals surface area contributed by atoms with Gasteiger partial charge < -0.3 is 15.0 Å². The van der Waals surface area contributed by atoms with Gasteiger partial charge in [-0.25, -0.2) is 0 Å². The second-order valence-corrected chi connectivity index (χ2v) is 10.9. The van der Waals surface area contributed by atoms with Gasteiger partial charge in [0.05, 0.1) is 0 Å². The van der Waals surface area contributed by atoms with Gasteiger partial charge >= 0.3 is 0 Å². The third-order valence-corrected chi connectivity index (χ3v) is 6.62. The van der Waals surface area contributed by atoms with Crippen molar-refractivity contribution in [3.05, 3.63) is 101 Å². The SMILES string of the molecule is CCCCNC(=O)[C@@H](Cc1ccccc1)N(Cc1ccc(C)cc1)C(=O)COc1ccccc1C(C)(C)C. The van der Waals surface area contributed by atoms with E-state index in [9.17, 15) is 9.59 Å². The molecule has 0 heterocycles. The molecule has 1 atom stereocenters. The minimum absolute atomic E-state index is 0.129. The lowest BCUT2D eigenvalue weighted by Gasteiger charge is -2.32. The number of amides is 2. The van der Waals surface area contributed by atoms with Crippen LogP contribution in [0.5, 0.6) is 5.75 Å². The number of ether oxygens (including phenoxy) is 1. The van der Waals surface area contributed by atoms with Gasteiger partial charge in [-0.15, -0.1) is 0 Å². The molecule has 0 bridgehead atoms. The minimum Gasteiger partial charge on any atom is -0.483 e. The number of unbranched alkanes of at least 4 members (excludes halogenated alkanes) is 1. The van der Waals surface area contributed by atoms with Crippen molar-refractivity contribution in [2.45, 2.75) is 71.9 Å². The number of nitrogens with zero attached hydrogens (tertiary/aromatic N) is 1. The lowest BCUT2D eigenvalue weighted by molar-refractivity contribution is -0.142. The van der Waals surface area contributed by atoms with Crippen molar-refractivity contribution >= 4 is 11.8 Å². The van der Waals surface area contributed by atoms with E-state index < -0.39 is 6.04 Å². The molecule has 0 unspecified atom stereocenters. The molecule has 38 heavy (non-hydrogen) atoms. The molecule has 202 valence electrons. The van der Waals surface area contributed by atoms with Gasteiger partial charge in [0, 0.05) is 19.5 Å². The Labute approximate surface area is 228 Å². The van der Waals surface area contributed by atoms with Crippen LogP contribution in [0.15, 0.2) is 78.9 Å². The number of hydrogen-bond acceptors (Lipinski definition) is 3. The lowest BCUT2D eigenvalue weighted by Crippen LogP contribution is -2.51. The van der Waals surface area contributed by atoms with E-state index in [1.807, 2.05) is 85.8 Å². The average Bonchev–Trinajstić information content (AvgIpc) is 2.90. The van der Waals surface area contributed by atoms with Gasteiger partial charge in [-0.3, -0.25) is 9.59 Å². The Morgan fingerprint density at radius 2 is 1.55 bits per heavy atom. The summed E-state index contributed by atoms with van der Waals surface area (Å²) in [6.45, 7) is 11.3. The van der Waals surface area contributed by atoms with E-state index in [-0.39, 0.29) is 23.8 Å². The summed E-state index contributed by atoms with van der Waals surface area (Å²) in [5.74, 6) is 0.328. The van der Waals surface area contributed by atoms with Crippen molar-refractivity contribution < 1.29 is 14.3 Å². The fourth-order valence-corrected chi connectivity index (χ4v) is 4.38. The zero-order valence-electron chi connectivity index (χ0n) is 23.5. The molecular formula is C33H42N2O3. The van der Waals surface area contributed by atoms with Crippen LogP contribution < -0.4 is 10.1 Å². The molecule has 3 aromatic rings. The molecule has 5 nitrogen and oxygen atoms in total. The van der Waals surface area contributed by atoms with E-state index >= 15 is 0 Å². The van der Waals surface area contributed by atoms with Crippen molar-refractivity contribution in [1.82, 2.24) is 10.2 Å². The molecule has 0 saturated heterocycles. The summed E-state index contributed by atoms with van der Waals surface area (Å²) in [5.41, 5.74) is 4.03. The van der Waals surface area contributed by atoms with E-state index in [1.165, 1.54) is 0 Å². The molecule has 0 aliphatic heterocycles. The molecular weight excluding hydrogens is 472 g/mol. The maximum absolute atomic E-state index is 13.8. The van der Waals surface area contributed by atoms with E-state index in [2.05, 4.69) is 33.0 Å². The molecule has 0 aromatic heterocycles. The molecule has 5 heteroatoms. The van der Waals surface area contributed by atoms with Crippen LogP contribution in [0, 0.1) is 6.92 Å². The summed E-state index contributed by atoms with van der Waals surface area (Å²) in [5, 5.41) is 3.06. The van der Waals surface area contributed by atoms with Gasteiger partial charge in [-0.2, -0.15) is 0 Å². The number of carbonyl (C=O) groups is 2. The van der Waals surface area contributed by atoms with Crippen LogP contribution in [0.25, 0.3) is 0 Å². The topological polar surface area (TPSA) is 58.6 Å². The fourth-order valence-electron chi connectivity index (χ4n) is 4.38. The van der Waals surface area contributed by atoms with Crippen LogP contribution in [0.2, 0.25) is 0 Å². The Morgan fingerprint density at radius 3 is 2.21 bits per heavy atom. The van der Waals surface area contributed by atoms with Gasteiger partial charge in [-0.05, 0) is 41.5 Å². The second-order valence-electron chi connectivity index (χ2n) is 10.9. The zero-order chi connectivity index (χ0) is 27.5. The minimum atomic E-state index is -0.662. The van der Waals surface area contributed by atoms with Crippen LogP contribution in [0.4, 0.5) is 0 Å². The Hall–Kier alpha value is -3.60. The van der Waals surface area contributed by atoms with E-state index in [4.69, 9.17) is 4.74 Å². The Bertz CT molecular complexity index is 1170. The highest BCUT2D eigenvalue weighted by molar-refractivity contribution is 5.88. The van der Waals surface area contributed by atoms with Gasteiger partial charge in [-0.1, -0.05) is 112 Å². The van der Waals surface area contributed by atoms with Gasteiger partial charge in [0.1, 0.15) is 11.8 Å². The fraction of sp³-hybridized carbons (Fsp3) is 0.394. The first-order valence-corrected chi connectivity index (χ1v) is 13.6. The van der Waals surface area contributed by atoms with Crippen LogP contribution in [0.3, 0.4) is 0 Å². The van der Waals surface area contributed by atoms with E-state index in [0.717, 1.165) is 35.1 Å². The van der Waals surface area contributed by atoms with E-state index in [1.54, 1.807) is 4.90 Å². The highest BCUT2D eigenvalue weighted by Gasteiger charge is 2.31. The predicted octanol–water partition coefficient (Wildman–Crippen LogP) is 6.23. The number of benzene rings is 3. The third kappa shape index (κ3) is 8.47. The normalized spacial score (nSPS) is 12.0. The Balaban J connectivity index is 1.91. The van der Waals surface area contributed by atoms with Gasteiger partial charge in [0.25, 0.3) is 5.91 Å². The molecule has 0 aliphatic rings. The molecule has 3 rings (SSSR count). The van der Waals surface area contributed by atoms with Gasteiger partial charge in [0.2, 0.25) is 5.91 Å². The molecule has 1 N–H and O–H groups in total. The molecule has 0 saturated carbocycles. The van der Waals surface area contributed by atoms with Crippen LogP contribution in [-0.2, 0) is 28.0 Å². The largest absolute Gasteiger partial charge is 0.483 e. The maximum Gasteiger partial charge on any atom is 0.261 e. The number of hydrogen-bond donors (Lipinski definition) is 1. The molecule has 2 amide bonds. The van der Waals surface area contributed by atoms with Crippen LogP contribution >= 0.6 is 0 Å². The number of rotatable bonds is 12. The maximum atomic E-state index is 13.8. The summed E-state index contributed by atoms with van der Waals surface area (Å²) in [6, 6.07) is 25.1. The van der Waals surface area contributed by atoms with Crippen molar-refractivity contribution in [3.63, 3.8) is 0 Å².